The maximum Gasteiger partial charge on any atom is 0.328 e. The van der Waals surface area contributed by atoms with E-state index in [2.05, 4.69) is 53.7 Å². The highest BCUT2D eigenvalue weighted by atomic mass is 16.4. The van der Waals surface area contributed by atoms with Crippen molar-refractivity contribution in [3.05, 3.63) is 58.7 Å². The van der Waals surface area contributed by atoms with Gasteiger partial charge in [0.25, 0.3) is 0 Å². The Morgan fingerprint density at radius 3 is 2.32 bits per heavy atom. The van der Waals surface area contributed by atoms with Crippen molar-refractivity contribution in [1.82, 2.24) is 0 Å². The molecule has 0 aromatic heterocycles. The molecule has 1 rings (SSSR count). The van der Waals surface area contributed by atoms with E-state index in [1.165, 1.54) is 30.9 Å². The fourth-order valence-corrected chi connectivity index (χ4v) is 3.35. The molecule has 1 aliphatic rings. The van der Waals surface area contributed by atoms with Gasteiger partial charge < -0.3 is 5.11 Å². The number of rotatable bonds is 5. The van der Waals surface area contributed by atoms with Gasteiger partial charge in [-0.2, -0.15) is 0 Å². The molecule has 0 spiro atoms. The van der Waals surface area contributed by atoms with Crippen LogP contribution < -0.4 is 0 Å². The van der Waals surface area contributed by atoms with E-state index in [0.29, 0.717) is 0 Å². The van der Waals surface area contributed by atoms with Gasteiger partial charge in [-0.3, -0.25) is 0 Å². The van der Waals surface area contributed by atoms with E-state index < -0.39 is 5.97 Å². The van der Waals surface area contributed by atoms with E-state index in [0.717, 1.165) is 11.1 Å². The summed E-state index contributed by atoms with van der Waals surface area (Å²) in [7, 11) is 0. The fourth-order valence-electron chi connectivity index (χ4n) is 3.35. The second-order valence-electron chi connectivity index (χ2n) is 8.71. The maximum atomic E-state index is 10.6. The van der Waals surface area contributed by atoms with Gasteiger partial charge in [0.1, 0.15) is 0 Å². The molecule has 1 N–H and O–H groups in total. The molecule has 138 valence electrons. The molecule has 0 aromatic rings. The van der Waals surface area contributed by atoms with Crippen molar-refractivity contribution in [2.24, 2.45) is 10.8 Å². The number of carboxylic acid groups (broad SMARTS) is 1. The first-order valence-electron chi connectivity index (χ1n) is 9.12. The van der Waals surface area contributed by atoms with Crippen molar-refractivity contribution in [1.29, 1.82) is 0 Å². The standard InChI is InChI=1S/C23H34O2/c1-17(10-8-11-18(2)16-21(24)25)13-14-20-19(22(3,4)5)12-9-15-23(20,6)7/h8,10-11,13-14,16H,9,12,15H2,1-7H3,(H,24,25)/b11-8+,14-13+,17-10+,18-16+. The van der Waals surface area contributed by atoms with E-state index in [-0.39, 0.29) is 10.8 Å². The highest BCUT2D eigenvalue weighted by molar-refractivity contribution is 5.81. The highest BCUT2D eigenvalue weighted by Gasteiger charge is 2.32. The quantitative estimate of drug-likeness (QED) is 0.450. The van der Waals surface area contributed by atoms with Crippen molar-refractivity contribution in [3.63, 3.8) is 0 Å². The Morgan fingerprint density at radius 1 is 1.12 bits per heavy atom. The van der Waals surface area contributed by atoms with Crippen LogP contribution in [-0.4, -0.2) is 11.1 Å². The van der Waals surface area contributed by atoms with Crippen LogP contribution in [0.4, 0.5) is 0 Å². The van der Waals surface area contributed by atoms with Gasteiger partial charge in [0.2, 0.25) is 0 Å². The largest absolute Gasteiger partial charge is 0.478 e. The lowest BCUT2D eigenvalue weighted by molar-refractivity contribution is -0.131. The molecule has 2 nitrogen and oxygen atoms in total. The number of allylic oxidation sites excluding steroid dienone is 9. The van der Waals surface area contributed by atoms with Gasteiger partial charge in [-0.25, -0.2) is 4.79 Å². The third kappa shape index (κ3) is 6.89. The third-order valence-electron chi connectivity index (χ3n) is 4.77. The number of carbonyl (C=O) groups is 1. The van der Waals surface area contributed by atoms with Crippen LogP contribution in [0.25, 0.3) is 0 Å². The normalized spacial score (nSPS) is 20.0. The van der Waals surface area contributed by atoms with Crippen LogP contribution in [0, 0.1) is 10.8 Å². The number of aliphatic carboxylic acids is 1. The smallest absolute Gasteiger partial charge is 0.328 e. The Balaban J connectivity index is 3.03. The molecule has 0 amide bonds. The highest BCUT2D eigenvalue weighted by Crippen LogP contribution is 2.46. The first kappa shape index (κ1) is 21.2. The number of hydrogen-bond acceptors (Lipinski definition) is 1. The minimum absolute atomic E-state index is 0.202. The van der Waals surface area contributed by atoms with Crippen molar-refractivity contribution in [3.8, 4) is 0 Å². The molecule has 0 aromatic carbocycles. The van der Waals surface area contributed by atoms with Gasteiger partial charge in [0.15, 0.2) is 0 Å². The van der Waals surface area contributed by atoms with E-state index in [1.54, 1.807) is 12.5 Å². The van der Waals surface area contributed by atoms with Crippen molar-refractivity contribution in [2.75, 3.05) is 0 Å². The fraction of sp³-hybridized carbons (Fsp3) is 0.522. The summed E-state index contributed by atoms with van der Waals surface area (Å²) in [6.45, 7) is 15.5. The predicted octanol–water partition coefficient (Wildman–Crippen LogP) is 6.63. The van der Waals surface area contributed by atoms with Crippen LogP contribution in [0.1, 0.15) is 67.7 Å². The Bertz CT molecular complexity index is 644. The van der Waals surface area contributed by atoms with Crippen LogP contribution >= 0.6 is 0 Å². The summed E-state index contributed by atoms with van der Waals surface area (Å²) in [6, 6.07) is 0. The Kier molecular flexibility index (Phi) is 7.22. The zero-order valence-electron chi connectivity index (χ0n) is 16.9. The minimum Gasteiger partial charge on any atom is -0.478 e. The van der Waals surface area contributed by atoms with E-state index in [9.17, 15) is 4.79 Å². The molecule has 0 bridgehead atoms. The lowest BCUT2D eigenvalue weighted by Gasteiger charge is -2.39. The van der Waals surface area contributed by atoms with Crippen LogP contribution in [0.3, 0.4) is 0 Å². The summed E-state index contributed by atoms with van der Waals surface area (Å²) < 4.78 is 0. The summed E-state index contributed by atoms with van der Waals surface area (Å²) in [5, 5.41) is 8.72. The first-order chi connectivity index (χ1) is 11.4. The summed E-state index contributed by atoms with van der Waals surface area (Å²) >= 11 is 0. The molecule has 0 saturated carbocycles. The van der Waals surface area contributed by atoms with E-state index in [1.807, 2.05) is 18.2 Å². The lowest BCUT2D eigenvalue weighted by atomic mass is 9.66. The molecule has 0 aliphatic heterocycles. The number of carboxylic acids is 1. The average Bonchev–Trinajstić information content (AvgIpc) is 2.43. The monoisotopic (exact) mass is 342 g/mol. The SMILES string of the molecule is CC(/C=C/C1=C(C(C)(C)C)CCCC1(C)C)=C\C=C\C(C)=C\C(=O)O. The van der Waals surface area contributed by atoms with Gasteiger partial charge in [0, 0.05) is 6.08 Å². The molecular formula is C23H34O2. The maximum absolute atomic E-state index is 10.6. The van der Waals surface area contributed by atoms with Crippen molar-refractivity contribution in [2.45, 2.75) is 67.7 Å². The third-order valence-corrected chi connectivity index (χ3v) is 4.77. The Morgan fingerprint density at radius 2 is 1.76 bits per heavy atom. The van der Waals surface area contributed by atoms with Crippen LogP contribution in [0.15, 0.2) is 58.7 Å². The minimum atomic E-state index is -0.913. The zero-order valence-corrected chi connectivity index (χ0v) is 16.9. The zero-order chi connectivity index (χ0) is 19.3. The summed E-state index contributed by atoms with van der Waals surface area (Å²) in [5.74, 6) is -0.913. The van der Waals surface area contributed by atoms with E-state index >= 15 is 0 Å². The summed E-state index contributed by atoms with van der Waals surface area (Å²) in [5.41, 5.74) is 5.35. The van der Waals surface area contributed by atoms with Crippen LogP contribution in [-0.2, 0) is 4.79 Å². The molecular weight excluding hydrogens is 308 g/mol. The summed E-state index contributed by atoms with van der Waals surface area (Å²) in [6.07, 6.45) is 15.1. The average molecular weight is 343 g/mol. The second kappa shape index (κ2) is 8.51. The Hall–Kier alpha value is -1.83. The second-order valence-corrected chi connectivity index (χ2v) is 8.71. The van der Waals surface area contributed by atoms with Gasteiger partial charge in [-0.1, -0.05) is 76.1 Å². The topological polar surface area (TPSA) is 37.3 Å². The van der Waals surface area contributed by atoms with E-state index in [4.69, 9.17) is 5.11 Å². The molecule has 0 unspecified atom stereocenters. The number of hydrogen-bond donors (Lipinski definition) is 1. The van der Waals surface area contributed by atoms with Gasteiger partial charge in [-0.05, 0) is 55.1 Å². The molecule has 0 heterocycles. The van der Waals surface area contributed by atoms with Gasteiger partial charge in [0.05, 0.1) is 0 Å². The molecule has 1 aliphatic carbocycles. The van der Waals surface area contributed by atoms with Crippen molar-refractivity contribution >= 4 is 5.97 Å². The Labute approximate surface area is 153 Å². The van der Waals surface area contributed by atoms with Crippen LogP contribution in [0.2, 0.25) is 0 Å². The summed E-state index contributed by atoms with van der Waals surface area (Å²) in [4.78, 5) is 10.6. The molecule has 25 heavy (non-hydrogen) atoms. The molecule has 0 radical (unpaired) electrons. The molecule has 0 saturated heterocycles. The van der Waals surface area contributed by atoms with Crippen molar-refractivity contribution < 1.29 is 9.90 Å². The van der Waals surface area contributed by atoms with Gasteiger partial charge >= 0.3 is 5.97 Å². The van der Waals surface area contributed by atoms with Crippen LogP contribution in [0.5, 0.6) is 0 Å². The van der Waals surface area contributed by atoms with Gasteiger partial charge in [-0.15, -0.1) is 0 Å². The molecule has 0 fully saturated rings. The first-order valence-corrected chi connectivity index (χ1v) is 9.12. The lowest BCUT2D eigenvalue weighted by Crippen LogP contribution is -2.25. The predicted molar refractivity (Wildman–Crippen MR) is 108 cm³/mol. The molecule has 0 atom stereocenters. The molecule has 2 heteroatoms.